The minimum absolute atomic E-state index is 0.00978. The fourth-order valence-corrected chi connectivity index (χ4v) is 3.26. The molecule has 1 heterocycles. The predicted octanol–water partition coefficient (Wildman–Crippen LogP) is 2.35. The highest BCUT2D eigenvalue weighted by molar-refractivity contribution is 6.02. The molecular weight excluding hydrogens is 296 g/mol. The standard InChI is InChI=1S/C17H22N2O4/c20-16(12-3-1-2-4-12)18-15-6-5-13(11-14(15)17(21)22)19-7-9-23-10-8-19/h5-6,11-12H,1-4,7-10H2,(H,18,20)(H,21,22). The van der Waals surface area contributed by atoms with Gasteiger partial charge in [-0.2, -0.15) is 0 Å². The van der Waals surface area contributed by atoms with E-state index in [-0.39, 0.29) is 17.4 Å². The number of carboxylic acids is 1. The fraction of sp³-hybridized carbons (Fsp3) is 0.529. The Balaban J connectivity index is 1.79. The maximum Gasteiger partial charge on any atom is 0.337 e. The van der Waals surface area contributed by atoms with Gasteiger partial charge in [0.2, 0.25) is 5.91 Å². The Kier molecular flexibility index (Phi) is 4.81. The molecule has 6 heteroatoms. The first-order valence-electron chi connectivity index (χ1n) is 8.16. The van der Waals surface area contributed by atoms with Crippen molar-refractivity contribution < 1.29 is 19.4 Å². The maximum absolute atomic E-state index is 12.2. The lowest BCUT2D eigenvalue weighted by molar-refractivity contribution is -0.119. The van der Waals surface area contributed by atoms with E-state index in [2.05, 4.69) is 10.2 Å². The Hall–Kier alpha value is -2.08. The number of carbonyl (C=O) groups is 2. The molecule has 1 aliphatic heterocycles. The first-order chi connectivity index (χ1) is 11.1. The molecule has 2 fully saturated rings. The summed E-state index contributed by atoms with van der Waals surface area (Å²) in [5, 5.41) is 12.3. The van der Waals surface area contributed by atoms with Crippen molar-refractivity contribution in [2.75, 3.05) is 36.5 Å². The van der Waals surface area contributed by atoms with Crippen molar-refractivity contribution in [2.45, 2.75) is 25.7 Å². The van der Waals surface area contributed by atoms with Crippen molar-refractivity contribution in [3.8, 4) is 0 Å². The van der Waals surface area contributed by atoms with Gasteiger partial charge in [0.15, 0.2) is 0 Å². The van der Waals surface area contributed by atoms with Crippen molar-refractivity contribution in [1.82, 2.24) is 0 Å². The van der Waals surface area contributed by atoms with Crippen molar-refractivity contribution in [2.24, 2.45) is 5.92 Å². The van der Waals surface area contributed by atoms with E-state index in [0.29, 0.717) is 18.9 Å². The molecule has 6 nitrogen and oxygen atoms in total. The third-order valence-electron chi connectivity index (χ3n) is 4.59. The van der Waals surface area contributed by atoms with Gasteiger partial charge in [0, 0.05) is 24.7 Å². The molecule has 0 spiro atoms. The molecule has 0 bridgehead atoms. The number of ether oxygens (including phenoxy) is 1. The number of carbonyl (C=O) groups excluding carboxylic acids is 1. The molecule has 23 heavy (non-hydrogen) atoms. The number of amides is 1. The second kappa shape index (κ2) is 7.00. The first kappa shape index (κ1) is 15.8. The quantitative estimate of drug-likeness (QED) is 0.891. The Morgan fingerprint density at radius 2 is 1.87 bits per heavy atom. The smallest absolute Gasteiger partial charge is 0.337 e. The van der Waals surface area contributed by atoms with Crippen LogP contribution in [-0.4, -0.2) is 43.3 Å². The van der Waals surface area contributed by atoms with Gasteiger partial charge in [-0.15, -0.1) is 0 Å². The highest BCUT2D eigenvalue weighted by atomic mass is 16.5. The monoisotopic (exact) mass is 318 g/mol. The van der Waals surface area contributed by atoms with E-state index < -0.39 is 5.97 Å². The molecule has 0 unspecified atom stereocenters. The molecule has 1 aromatic rings. The van der Waals surface area contributed by atoms with Crippen LogP contribution in [0.15, 0.2) is 18.2 Å². The van der Waals surface area contributed by atoms with Gasteiger partial charge < -0.3 is 20.1 Å². The molecule has 1 aromatic carbocycles. The molecule has 1 saturated carbocycles. The summed E-state index contributed by atoms with van der Waals surface area (Å²) in [6.07, 6.45) is 3.92. The zero-order chi connectivity index (χ0) is 16.2. The van der Waals surface area contributed by atoms with Gasteiger partial charge >= 0.3 is 5.97 Å². The number of nitrogens with zero attached hydrogens (tertiary/aromatic N) is 1. The number of hydrogen-bond donors (Lipinski definition) is 2. The van der Waals surface area contributed by atoms with Crippen LogP contribution in [0.25, 0.3) is 0 Å². The van der Waals surface area contributed by atoms with Crippen molar-refractivity contribution in [1.29, 1.82) is 0 Å². The fourth-order valence-electron chi connectivity index (χ4n) is 3.26. The molecule has 1 amide bonds. The van der Waals surface area contributed by atoms with E-state index in [4.69, 9.17) is 4.74 Å². The number of aromatic carboxylic acids is 1. The molecule has 0 aromatic heterocycles. The average molecular weight is 318 g/mol. The summed E-state index contributed by atoms with van der Waals surface area (Å²) in [5.74, 6) is -1.08. The molecule has 0 atom stereocenters. The second-order valence-electron chi connectivity index (χ2n) is 6.11. The second-order valence-corrected chi connectivity index (χ2v) is 6.11. The first-order valence-corrected chi connectivity index (χ1v) is 8.16. The summed E-state index contributed by atoms with van der Waals surface area (Å²) in [5.41, 5.74) is 1.37. The molecule has 0 radical (unpaired) electrons. The summed E-state index contributed by atoms with van der Waals surface area (Å²) >= 11 is 0. The third kappa shape index (κ3) is 3.64. The van der Waals surface area contributed by atoms with Crippen molar-refractivity contribution >= 4 is 23.3 Å². The summed E-state index contributed by atoms with van der Waals surface area (Å²) in [6, 6.07) is 5.20. The number of carboxylic acid groups (broad SMARTS) is 1. The minimum Gasteiger partial charge on any atom is -0.478 e. The van der Waals surface area contributed by atoms with Gasteiger partial charge in [-0.3, -0.25) is 4.79 Å². The van der Waals surface area contributed by atoms with Crippen LogP contribution in [0.4, 0.5) is 11.4 Å². The van der Waals surface area contributed by atoms with E-state index in [1.54, 1.807) is 12.1 Å². The summed E-state index contributed by atoms with van der Waals surface area (Å²) in [4.78, 5) is 25.9. The van der Waals surface area contributed by atoms with E-state index in [1.807, 2.05) is 6.07 Å². The number of benzene rings is 1. The number of morpholine rings is 1. The highest BCUT2D eigenvalue weighted by Gasteiger charge is 2.24. The Morgan fingerprint density at radius 3 is 2.52 bits per heavy atom. The topological polar surface area (TPSA) is 78.9 Å². The average Bonchev–Trinajstić information content (AvgIpc) is 3.10. The largest absolute Gasteiger partial charge is 0.478 e. The minimum atomic E-state index is -1.03. The number of hydrogen-bond acceptors (Lipinski definition) is 4. The SMILES string of the molecule is O=C(O)c1cc(N2CCOCC2)ccc1NC(=O)C1CCCC1. The zero-order valence-electron chi connectivity index (χ0n) is 13.1. The number of anilines is 2. The summed E-state index contributed by atoms with van der Waals surface area (Å²) in [6.45, 7) is 2.77. The maximum atomic E-state index is 12.2. The van der Waals surface area contributed by atoms with E-state index in [0.717, 1.165) is 44.5 Å². The molecule has 1 aliphatic carbocycles. The van der Waals surface area contributed by atoms with Crippen LogP contribution >= 0.6 is 0 Å². The van der Waals surface area contributed by atoms with Gasteiger partial charge in [0.1, 0.15) is 0 Å². The zero-order valence-corrected chi connectivity index (χ0v) is 13.1. The van der Waals surface area contributed by atoms with Gasteiger partial charge in [-0.05, 0) is 31.0 Å². The molecule has 1 saturated heterocycles. The van der Waals surface area contributed by atoms with E-state index in [9.17, 15) is 14.7 Å². The van der Waals surface area contributed by atoms with Gasteiger partial charge in [0.05, 0.1) is 24.5 Å². The van der Waals surface area contributed by atoms with Gasteiger partial charge in [0.25, 0.3) is 0 Å². The van der Waals surface area contributed by atoms with E-state index in [1.165, 1.54) is 0 Å². The summed E-state index contributed by atoms with van der Waals surface area (Å²) in [7, 11) is 0. The van der Waals surface area contributed by atoms with Crippen LogP contribution in [0.2, 0.25) is 0 Å². The molecular formula is C17H22N2O4. The van der Waals surface area contributed by atoms with Crippen LogP contribution < -0.4 is 10.2 Å². The number of nitrogens with one attached hydrogen (secondary N) is 1. The van der Waals surface area contributed by atoms with Crippen molar-refractivity contribution in [3.63, 3.8) is 0 Å². The summed E-state index contributed by atoms with van der Waals surface area (Å²) < 4.78 is 5.32. The Bertz CT molecular complexity index is 590. The lowest BCUT2D eigenvalue weighted by Gasteiger charge is -2.29. The predicted molar refractivity (Wildman–Crippen MR) is 87.0 cm³/mol. The van der Waals surface area contributed by atoms with Crippen molar-refractivity contribution in [3.05, 3.63) is 23.8 Å². The molecule has 2 N–H and O–H groups in total. The third-order valence-corrected chi connectivity index (χ3v) is 4.59. The van der Waals surface area contributed by atoms with Gasteiger partial charge in [-0.25, -0.2) is 4.79 Å². The van der Waals surface area contributed by atoms with E-state index >= 15 is 0 Å². The van der Waals surface area contributed by atoms with Crippen LogP contribution in [0.5, 0.6) is 0 Å². The lowest BCUT2D eigenvalue weighted by atomic mass is 10.1. The molecule has 3 rings (SSSR count). The lowest BCUT2D eigenvalue weighted by Crippen LogP contribution is -2.36. The van der Waals surface area contributed by atoms with Gasteiger partial charge in [-0.1, -0.05) is 12.8 Å². The molecule has 124 valence electrons. The highest BCUT2D eigenvalue weighted by Crippen LogP contribution is 2.28. The van der Waals surface area contributed by atoms with Crippen LogP contribution in [0, 0.1) is 5.92 Å². The Morgan fingerprint density at radius 1 is 1.17 bits per heavy atom. The Labute approximate surface area is 135 Å². The van der Waals surface area contributed by atoms with Crippen LogP contribution in [-0.2, 0) is 9.53 Å². The number of rotatable bonds is 4. The van der Waals surface area contributed by atoms with Crippen LogP contribution in [0.1, 0.15) is 36.0 Å². The van der Waals surface area contributed by atoms with Crippen LogP contribution in [0.3, 0.4) is 0 Å². The molecule has 2 aliphatic rings. The normalized spacial score (nSPS) is 18.9.